The Hall–Kier alpha value is -2.55. The number of benzene rings is 3. The Kier molecular flexibility index (Phi) is 7.45. The molecule has 3 N–H and O–H groups in total. The number of rotatable bonds is 6. The standard InChI is InChI=1S/C27H30ClNO5S/c1-17-8-9-20(24(14-27(30)31)23-11-10-22(28)12-18(23)2)13-21(17)16-29-15-19(3)34-25-6-4-5-7-26(25)35(29,32)33/h4-13,19,24,32-33H,14-16H2,1-3H3,(H,30,31). The van der Waals surface area contributed by atoms with E-state index in [4.69, 9.17) is 16.3 Å². The Morgan fingerprint density at radius 2 is 1.86 bits per heavy atom. The summed E-state index contributed by atoms with van der Waals surface area (Å²) in [5.74, 6) is -0.778. The van der Waals surface area contributed by atoms with Crippen molar-refractivity contribution >= 4 is 28.3 Å². The van der Waals surface area contributed by atoms with Crippen molar-refractivity contribution in [3.63, 3.8) is 0 Å². The van der Waals surface area contributed by atoms with Gasteiger partial charge < -0.3 is 9.84 Å². The Morgan fingerprint density at radius 1 is 1.11 bits per heavy atom. The maximum Gasteiger partial charge on any atom is 0.304 e. The highest BCUT2D eigenvalue weighted by Gasteiger charge is 2.34. The SMILES string of the molecule is Cc1ccc(C(CC(=O)O)c2ccc(Cl)cc2C)cc1CN1CC(C)Oc2ccccc2S1(O)O. The highest BCUT2D eigenvalue weighted by atomic mass is 35.5. The second-order valence-electron chi connectivity index (χ2n) is 9.05. The topological polar surface area (TPSA) is 90.2 Å². The average Bonchev–Trinajstić information content (AvgIpc) is 2.87. The quantitative estimate of drug-likeness (QED) is 0.332. The van der Waals surface area contributed by atoms with E-state index in [1.807, 2.05) is 57.2 Å². The van der Waals surface area contributed by atoms with Gasteiger partial charge in [0.15, 0.2) is 0 Å². The van der Waals surface area contributed by atoms with Gasteiger partial charge in [0, 0.05) is 17.5 Å². The minimum Gasteiger partial charge on any atom is -0.487 e. The first-order valence-corrected chi connectivity index (χ1v) is 13.3. The van der Waals surface area contributed by atoms with E-state index in [2.05, 4.69) is 0 Å². The van der Waals surface area contributed by atoms with E-state index in [0.29, 0.717) is 22.2 Å². The highest BCUT2D eigenvalue weighted by Crippen LogP contribution is 2.57. The van der Waals surface area contributed by atoms with Crippen molar-refractivity contribution in [2.45, 2.75) is 50.7 Å². The molecule has 0 fully saturated rings. The second kappa shape index (κ2) is 10.2. The predicted molar refractivity (Wildman–Crippen MR) is 140 cm³/mol. The molecule has 6 nitrogen and oxygen atoms in total. The molecule has 0 spiro atoms. The van der Waals surface area contributed by atoms with Crippen molar-refractivity contribution in [3.8, 4) is 5.75 Å². The van der Waals surface area contributed by atoms with Gasteiger partial charge in [-0.2, -0.15) is 4.31 Å². The fourth-order valence-corrected chi connectivity index (χ4v) is 6.48. The monoisotopic (exact) mass is 515 g/mol. The normalized spacial score (nSPS) is 19.2. The van der Waals surface area contributed by atoms with Gasteiger partial charge in [-0.25, -0.2) is 0 Å². The lowest BCUT2D eigenvalue weighted by Crippen LogP contribution is -2.33. The number of ether oxygens (including phenoxy) is 1. The molecule has 3 aromatic rings. The Morgan fingerprint density at radius 3 is 2.57 bits per heavy atom. The molecule has 8 heteroatoms. The number of fused-ring (bicyclic) bond motifs is 1. The molecular weight excluding hydrogens is 486 g/mol. The number of halogens is 1. The highest BCUT2D eigenvalue weighted by molar-refractivity contribution is 8.22. The average molecular weight is 516 g/mol. The molecule has 35 heavy (non-hydrogen) atoms. The first-order valence-electron chi connectivity index (χ1n) is 11.4. The summed E-state index contributed by atoms with van der Waals surface area (Å²) in [6, 6.07) is 18.4. The van der Waals surface area contributed by atoms with Crippen LogP contribution >= 0.6 is 22.4 Å². The number of aliphatic carboxylic acids is 1. The lowest BCUT2D eigenvalue weighted by molar-refractivity contribution is -0.137. The number of para-hydroxylation sites is 1. The van der Waals surface area contributed by atoms with Gasteiger partial charge in [-0.3, -0.25) is 13.9 Å². The summed E-state index contributed by atoms with van der Waals surface area (Å²) in [7, 11) is -3.28. The molecule has 1 aliphatic rings. The molecular formula is C27H30ClNO5S. The molecule has 0 aliphatic carbocycles. The number of hydrogen-bond acceptors (Lipinski definition) is 5. The van der Waals surface area contributed by atoms with Crippen molar-refractivity contribution in [2.75, 3.05) is 6.54 Å². The fraction of sp³-hybridized carbons (Fsp3) is 0.296. The van der Waals surface area contributed by atoms with Crippen molar-refractivity contribution in [1.29, 1.82) is 0 Å². The van der Waals surface area contributed by atoms with Gasteiger partial charge in [-0.15, -0.1) is 10.8 Å². The molecule has 0 amide bonds. The molecule has 1 aliphatic heterocycles. The van der Waals surface area contributed by atoms with E-state index < -0.39 is 16.7 Å². The molecule has 0 saturated heterocycles. The maximum atomic E-state index is 11.8. The van der Waals surface area contributed by atoms with Crippen LogP contribution in [0.2, 0.25) is 5.02 Å². The molecule has 1 heterocycles. The van der Waals surface area contributed by atoms with E-state index in [1.165, 1.54) is 0 Å². The summed E-state index contributed by atoms with van der Waals surface area (Å²) in [4.78, 5) is 12.1. The van der Waals surface area contributed by atoms with Crippen molar-refractivity contribution in [3.05, 3.63) is 93.5 Å². The van der Waals surface area contributed by atoms with Crippen LogP contribution in [0.15, 0.2) is 65.6 Å². The van der Waals surface area contributed by atoms with Crippen LogP contribution in [0, 0.1) is 13.8 Å². The van der Waals surface area contributed by atoms with Crippen LogP contribution in [0.3, 0.4) is 0 Å². The predicted octanol–water partition coefficient (Wildman–Crippen LogP) is 6.87. The van der Waals surface area contributed by atoms with Crippen LogP contribution in [-0.2, 0) is 11.3 Å². The summed E-state index contributed by atoms with van der Waals surface area (Å²) < 4.78 is 30.2. The first-order chi connectivity index (χ1) is 16.6. The number of carboxylic acids is 1. The van der Waals surface area contributed by atoms with E-state index in [9.17, 15) is 19.0 Å². The second-order valence-corrected chi connectivity index (χ2v) is 11.5. The van der Waals surface area contributed by atoms with Gasteiger partial charge in [0.2, 0.25) is 0 Å². The van der Waals surface area contributed by atoms with Crippen molar-refractivity contribution in [2.24, 2.45) is 0 Å². The van der Waals surface area contributed by atoms with E-state index >= 15 is 0 Å². The van der Waals surface area contributed by atoms with Gasteiger partial charge in [-0.05, 0) is 72.9 Å². The summed E-state index contributed by atoms with van der Waals surface area (Å²) in [6.45, 7) is 6.41. The zero-order valence-electron chi connectivity index (χ0n) is 19.9. The van der Waals surface area contributed by atoms with Gasteiger partial charge in [0.25, 0.3) is 0 Å². The van der Waals surface area contributed by atoms with Crippen LogP contribution in [0.25, 0.3) is 0 Å². The number of carboxylic acid groups (broad SMARTS) is 1. The number of nitrogens with zero attached hydrogens (tertiary/aromatic N) is 1. The summed E-state index contributed by atoms with van der Waals surface area (Å²) in [5, 5.41) is 10.3. The van der Waals surface area contributed by atoms with E-state index in [1.54, 1.807) is 28.6 Å². The lowest BCUT2D eigenvalue weighted by Gasteiger charge is -2.42. The molecule has 4 rings (SSSR count). The molecule has 3 aromatic carbocycles. The third-order valence-corrected chi connectivity index (χ3v) is 8.56. The third kappa shape index (κ3) is 5.50. The Labute approximate surface area is 212 Å². The maximum absolute atomic E-state index is 11.8. The van der Waals surface area contributed by atoms with Crippen molar-refractivity contribution < 1.29 is 23.7 Å². The number of carbonyl (C=O) groups is 1. The third-order valence-electron chi connectivity index (χ3n) is 6.40. The van der Waals surface area contributed by atoms with Gasteiger partial charge in [0.1, 0.15) is 16.7 Å². The van der Waals surface area contributed by atoms with Crippen LogP contribution < -0.4 is 4.74 Å². The van der Waals surface area contributed by atoms with Crippen LogP contribution in [0.5, 0.6) is 5.75 Å². The van der Waals surface area contributed by atoms with Crippen molar-refractivity contribution in [1.82, 2.24) is 4.31 Å². The zero-order valence-corrected chi connectivity index (χ0v) is 21.5. The first kappa shape index (κ1) is 25.5. The minimum atomic E-state index is -3.28. The fourth-order valence-electron chi connectivity index (χ4n) is 4.59. The van der Waals surface area contributed by atoms with Gasteiger partial charge in [-0.1, -0.05) is 48.0 Å². The summed E-state index contributed by atoms with van der Waals surface area (Å²) in [6.07, 6.45) is -0.313. The molecule has 0 radical (unpaired) electrons. The molecule has 2 atom stereocenters. The zero-order chi connectivity index (χ0) is 25.3. The molecule has 186 valence electrons. The number of hydrogen-bond donors (Lipinski definition) is 3. The van der Waals surface area contributed by atoms with Crippen LogP contribution in [-0.4, -0.2) is 37.1 Å². The van der Waals surface area contributed by atoms with Gasteiger partial charge in [0.05, 0.1) is 13.0 Å². The molecule has 0 saturated carbocycles. The van der Waals surface area contributed by atoms with Crippen LogP contribution in [0.1, 0.15) is 47.1 Å². The summed E-state index contributed by atoms with van der Waals surface area (Å²) in [5.41, 5.74) is 4.57. The molecule has 0 aromatic heterocycles. The lowest BCUT2D eigenvalue weighted by atomic mass is 9.85. The smallest absolute Gasteiger partial charge is 0.304 e. The summed E-state index contributed by atoms with van der Waals surface area (Å²) >= 11 is 6.14. The van der Waals surface area contributed by atoms with Gasteiger partial charge >= 0.3 is 5.97 Å². The number of aryl methyl sites for hydroxylation is 2. The molecule has 0 bridgehead atoms. The van der Waals surface area contributed by atoms with E-state index in [-0.39, 0.29) is 25.0 Å². The Balaban J connectivity index is 1.72. The minimum absolute atomic E-state index is 0.0673. The van der Waals surface area contributed by atoms with E-state index in [0.717, 1.165) is 27.8 Å². The Bertz CT molecular complexity index is 1250. The largest absolute Gasteiger partial charge is 0.487 e. The molecule has 2 unspecified atom stereocenters. The van der Waals surface area contributed by atoms with Crippen LogP contribution in [0.4, 0.5) is 0 Å².